The van der Waals surface area contributed by atoms with Crippen LogP contribution in [0.15, 0.2) is 53.7 Å². The molecule has 3 heterocycles. The number of pyridine rings is 1. The van der Waals surface area contributed by atoms with E-state index in [0.717, 1.165) is 19.5 Å². The van der Waals surface area contributed by atoms with Crippen LogP contribution in [0, 0.1) is 0 Å². The maximum absolute atomic E-state index is 12.6. The lowest BCUT2D eigenvalue weighted by Crippen LogP contribution is -2.51. The Morgan fingerprint density at radius 3 is 2.67 bits per heavy atom. The minimum absolute atomic E-state index is 0.0702. The van der Waals surface area contributed by atoms with E-state index in [2.05, 4.69) is 23.2 Å². The molecule has 1 aromatic carbocycles. The molecule has 1 fully saturated rings. The number of likely N-dealkylation sites (tertiary alicyclic amines) is 1. The molecule has 0 N–H and O–H groups in total. The Morgan fingerprint density at radius 1 is 1.14 bits per heavy atom. The molecule has 0 spiro atoms. The number of fused-ring (bicyclic) bond motifs is 1. The van der Waals surface area contributed by atoms with Gasteiger partial charge in [-0.05, 0) is 35.7 Å². The lowest BCUT2D eigenvalue weighted by molar-refractivity contribution is -0.134. The number of thioether (sulfide) groups is 1. The summed E-state index contributed by atoms with van der Waals surface area (Å²) in [6, 6.07) is 12.4. The molecule has 0 bridgehead atoms. The average molecular weight is 296 g/mol. The van der Waals surface area contributed by atoms with Crippen molar-refractivity contribution in [3.8, 4) is 0 Å². The fourth-order valence-electron chi connectivity index (χ4n) is 3.03. The van der Waals surface area contributed by atoms with Crippen molar-refractivity contribution in [3.63, 3.8) is 0 Å². The zero-order chi connectivity index (χ0) is 14.2. The lowest BCUT2D eigenvalue weighted by Gasteiger charge is -2.40. The highest BCUT2D eigenvalue weighted by Crippen LogP contribution is 2.39. The Morgan fingerprint density at radius 2 is 1.90 bits per heavy atom. The van der Waals surface area contributed by atoms with Gasteiger partial charge in [0.1, 0.15) is 0 Å². The molecule has 2 aliphatic heterocycles. The molecule has 2 aromatic rings. The largest absolute Gasteiger partial charge is 0.340 e. The fraction of sp³-hybridized carbons (Fsp3) is 0.294. The summed E-state index contributed by atoms with van der Waals surface area (Å²) in [7, 11) is 0. The number of nitrogens with zero attached hydrogens (tertiary/aromatic N) is 2. The van der Waals surface area contributed by atoms with Crippen molar-refractivity contribution >= 4 is 17.7 Å². The molecular formula is C17H16N2OS. The molecule has 3 nitrogen and oxygen atoms in total. The van der Waals surface area contributed by atoms with E-state index in [1.165, 1.54) is 16.0 Å². The van der Waals surface area contributed by atoms with Crippen molar-refractivity contribution in [1.29, 1.82) is 0 Å². The summed E-state index contributed by atoms with van der Waals surface area (Å²) in [5, 5.41) is 0.0702. The van der Waals surface area contributed by atoms with Gasteiger partial charge in [-0.2, -0.15) is 0 Å². The van der Waals surface area contributed by atoms with Crippen molar-refractivity contribution in [2.75, 3.05) is 13.1 Å². The Hall–Kier alpha value is -1.81. The SMILES string of the molecule is O=C([C@@H]1Cc2ccccc2S1)N1CC(c2ccncc2)C1. The third-order valence-corrected chi connectivity index (χ3v) is 5.60. The maximum Gasteiger partial charge on any atom is 0.236 e. The minimum Gasteiger partial charge on any atom is -0.340 e. The van der Waals surface area contributed by atoms with Gasteiger partial charge in [0.05, 0.1) is 5.25 Å². The number of carbonyl (C=O) groups is 1. The van der Waals surface area contributed by atoms with Crippen molar-refractivity contribution in [3.05, 3.63) is 59.9 Å². The quantitative estimate of drug-likeness (QED) is 0.854. The number of hydrogen-bond donors (Lipinski definition) is 0. The number of hydrogen-bond acceptors (Lipinski definition) is 3. The van der Waals surface area contributed by atoms with E-state index in [9.17, 15) is 4.79 Å². The van der Waals surface area contributed by atoms with Crippen LogP contribution in [0.2, 0.25) is 0 Å². The highest BCUT2D eigenvalue weighted by molar-refractivity contribution is 8.01. The summed E-state index contributed by atoms with van der Waals surface area (Å²) < 4.78 is 0. The highest BCUT2D eigenvalue weighted by Gasteiger charge is 2.37. The van der Waals surface area contributed by atoms with Crippen LogP contribution >= 0.6 is 11.8 Å². The standard InChI is InChI=1S/C17H16N2OS/c20-17(16-9-13-3-1-2-4-15(13)21-16)19-10-14(11-19)12-5-7-18-8-6-12/h1-8,14,16H,9-11H2/t16-/m0/s1. The number of rotatable bonds is 2. The fourth-order valence-corrected chi connectivity index (χ4v) is 4.31. The number of carbonyl (C=O) groups excluding carboxylic acids is 1. The van der Waals surface area contributed by atoms with Crippen LogP contribution in [0.5, 0.6) is 0 Å². The zero-order valence-electron chi connectivity index (χ0n) is 11.6. The number of amides is 1. The maximum atomic E-state index is 12.6. The van der Waals surface area contributed by atoms with Crippen molar-refractivity contribution in [2.24, 2.45) is 0 Å². The summed E-state index contributed by atoms with van der Waals surface area (Å²) in [5.74, 6) is 0.771. The third kappa shape index (κ3) is 2.33. The van der Waals surface area contributed by atoms with E-state index in [-0.39, 0.29) is 5.25 Å². The summed E-state index contributed by atoms with van der Waals surface area (Å²) >= 11 is 1.72. The minimum atomic E-state index is 0.0702. The van der Waals surface area contributed by atoms with E-state index in [4.69, 9.17) is 0 Å². The van der Waals surface area contributed by atoms with Crippen LogP contribution in [-0.4, -0.2) is 34.1 Å². The first kappa shape index (κ1) is 12.9. The molecule has 1 atom stereocenters. The Balaban J connectivity index is 1.38. The first-order valence-corrected chi connectivity index (χ1v) is 8.12. The van der Waals surface area contributed by atoms with Crippen molar-refractivity contribution < 1.29 is 4.79 Å². The summed E-state index contributed by atoms with van der Waals surface area (Å²) in [6.45, 7) is 1.69. The second kappa shape index (κ2) is 5.19. The first-order chi connectivity index (χ1) is 10.3. The van der Waals surface area contributed by atoms with Gasteiger partial charge in [-0.25, -0.2) is 0 Å². The molecule has 0 radical (unpaired) electrons. The van der Waals surface area contributed by atoms with Crippen molar-refractivity contribution in [2.45, 2.75) is 22.5 Å². The number of aromatic nitrogens is 1. The Bertz CT molecular complexity index is 643. The average Bonchev–Trinajstić information content (AvgIpc) is 2.90. The Kier molecular flexibility index (Phi) is 3.19. The van der Waals surface area contributed by atoms with Crippen LogP contribution < -0.4 is 0 Å². The lowest BCUT2D eigenvalue weighted by atomic mass is 9.91. The molecule has 1 aromatic heterocycles. The smallest absolute Gasteiger partial charge is 0.236 e. The molecule has 4 rings (SSSR count). The molecule has 1 amide bonds. The molecule has 106 valence electrons. The summed E-state index contributed by atoms with van der Waals surface area (Å²) in [5.41, 5.74) is 2.60. The van der Waals surface area contributed by atoms with Gasteiger partial charge in [0.25, 0.3) is 0 Å². The van der Waals surface area contributed by atoms with Gasteiger partial charge in [-0.15, -0.1) is 11.8 Å². The van der Waals surface area contributed by atoms with E-state index < -0.39 is 0 Å². The summed E-state index contributed by atoms with van der Waals surface area (Å²) in [6.07, 6.45) is 4.52. The molecule has 21 heavy (non-hydrogen) atoms. The van der Waals surface area contributed by atoms with Crippen LogP contribution in [0.25, 0.3) is 0 Å². The van der Waals surface area contributed by atoms with Gasteiger partial charge >= 0.3 is 0 Å². The van der Waals surface area contributed by atoms with E-state index >= 15 is 0 Å². The van der Waals surface area contributed by atoms with Crippen molar-refractivity contribution in [1.82, 2.24) is 9.88 Å². The molecule has 2 aliphatic rings. The van der Waals surface area contributed by atoms with Gasteiger partial charge in [0, 0.05) is 36.3 Å². The van der Waals surface area contributed by atoms with E-state index in [0.29, 0.717) is 11.8 Å². The topological polar surface area (TPSA) is 33.2 Å². The van der Waals surface area contributed by atoms with E-state index in [1.54, 1.807) is 11.8 Å². The zero-order valence-corrected chi connectivity index (χ0v) is 12.4. The normalized spacial score (nSPS) is 21.0. The van der Waals surface area contributed by atoms with Gasteiger partial charge in [-0.1, -0.05) is 18.2 Å². The first-order valence-electron chi connectivity index (χ1n) is 7.24. The molecule has 4 heteroatoms. The van der Waals surface area contributed by atoms with Crippen LogP contribution in [0.1, 0.15) is 17.0 Å². The molecule has 0 saturated carbocycles. The number of benzene rings is 1. The van der Waals surface area contributed by atoms with Crippen LogP contribution in [-0.2, 0) is 11.2 Å². The molecular weight excluding hydrogens is 280 g/mol. The Labute approximate surface area is 128 Å². The van der Waals surface area contributed by atoms with Gasteiger partial charge < -0.3 is 4.90 Å². The summed E-state index contributed by atoms with van der Waals surface area (Å²) in [4.78, 5) is 19.9. The van der Waals surface area contributed by atoms with Gasteiger partial charge in [0.15, 0.2) is 0 Å². The third-order valence-electron chi connectivity index (χ3n) is 4.29. The van der Waals surface area contributed by atoms with Gasteiger partial charge in [0.2, 0.25) is 5.91 Å². The molecule has 1 saturated heterocycles. The molecule has 0 unspecified atom stereocenters. The highest BCUT2D eigenvalue weighted by atomic mass is 32.2. The van der Waals surface area contributed by atoms with Crippen LogP contribution in [0.3, 0.4) is 0 Å². The predicted octanol–water partition coefficient (Wildman–Crippen LogP) is 2.72. The second-order valence-electron chi connectivity index (χ2n) is 5.64. The van der Waals surface area contributed by atoms with E-state index in [1.807, 2.05) is 35.5 Å². The van der Waals surface area contributed by atoms with Crippen LogP contribution in [0.4, 0.5) is 0 Å². The predicted molar refractivity (Wildman–Crippen MR) is 83.3 cm³/mol. The molecule has 0 aliphatic carbocycles. The second-order valence-corrected chi connectivity index (χ2v) is 6.88. The monoisotopic (exact) mass is 296 g/mol. The van der Waals surface area contributed by atoms with Gasteiger partial charge in [-0.3, -0.25) is 9.78 Å².